The van der Waals surface area contributed by atoms with E-state index in [4.69, 9.17) is 0 Å². The van der Waals surface area contributed by atoms with E-state index in [9.17, 15) is 0 Å². The molecule has 0 bridgehead atoms. The molecule has 2 nitrogen and oxygen atoms in total. The van der Waals surface area contributed by atoms with Gasteiger partial charge in [-0.15, -0.1) is 0 Å². The van der Waals surface area contributed by atoms with Crippen molar-refractivity contribution in [3.8, 4) is 0 Å². The first-order chi connectivity index (χ1) is 25.3. The van der Waals surface area contributed by atoms with E-state index in [0.717, 1.165) is 0 Å². The normalized spacial score (nSPS) is 14.5. The van der Waals surface area contributed by atoms with Gasteiger partial charge < -0.3 is 9.80 Å². The van der Waals surface area contributed by atoms with Gasteiger partial charge in [-0.25, -0.2) is 0 Å². The van der Waals surface area contributed by atoms with Crippen LogP contribution in [0.25, 0.3) is 0 Å². The third-order valence-corrected chi connectivity index (χ3v) is 12.1. The number of nitrogens with zero attached hydrogens (tertiary/aromatic N) is 2. The molecule has 0 spiro atoms. The molecule has 304 valence electrons. The fourth-order valence-electron chi connectivity index (χ4n) is 8.48. The van der Waals surface area contributed by atoms with Gasteiger partial charge in [0, 0.05) is 25.5 Å². The zero-order valence-electron chi connectivity index (χ0n) is 36.0. The van der Waals surface area contributed by atoms with Crippen molar-refractivity contribution < 1.29 is 0 Å². The van der Waals surface area contributed by atoms with E-state index in [1.54, 1.807) is 0 Å². The third-order valence-electron chi connectivity index (χ3n) is 12.1. The van der Waals surface area contributed by atoms with Crippen LogP contribution in [0.3, 0.4) is 0 Å². The standard InChI is InChI=1S/C49H98N2/c1-4-7-10-13-16-19-22-24-25-26-27-28-30-32-35-38-41-44-49-50(45-42-39-36-33-21-18-15-12-9-6-3)47-48-51(49)46-43-40-37-34-31-29-23-20-17-14-11-8-5-2/h47-49H,4-46H2,1-3H3. The van der Waals surface area contributed by atoms with E-state index in [-0.39, 0.29) is 0 Å². The summed E-state index contributed by atoms with van der Waals surface area (Å²) in [5.74, 6) is 0. The van der Waals surface area contributed by atoms with Crippen LogP contribution in [-0.2, 0) is 0 Å². The second-order valence-corrected chi connectivity index (χ2v) is 17.1. The summed E-state index contributed by atoms with van der Waals surface area (Å²) < 4.78 is 0. The highest BCUT2D eigenvalue weighted by atomic mass is 15.4. The van der Waals surface area contributed by atoms with Crippen molar-refractivity contribution in [3.63, 3.8) is 0 Å². The Bertz CT molecular complexity index is 673. The molecule has 0 aliphatic carbocycles. The maximum absolute atomic E-state index is 2.74. The highest BCUT2D eigenvalue weighted by Gasteiger charge is 2.24. The SMILES string of the molecule is CCCCCCCCCCCCCCCCCCCC1N(CCCCCCCCCCCC)C=CN1CCCCCCCCCCCCCCC. The fraction of sp³-hybridized carbons (Fsp3) is 0.959. The summed E-state index contributed by atoms with van der Waals surface area (Å²) in [7, 11) is 0. The average Bonchev–Trinajstić information content (AvgIpc) is 3.53. The molecule has 1 unspecified atom stereocenters. The molecule has 0 saturated carbocycles. The minimum absolute atomic E-state index is 0.636. The van der Waals surface area contributed by atoms with Gasteiger partial charge in [0.2, 0.25) is 0 Å². The highest BCUT2D eigenvalue weighted by molar-refractivity contribution is 4.97. The monoisotopic (exact) mass is 715 g/mol. The molecule has 0 saturated heterocycles. The molecule has 0 aromatic heterocycles. The number of rotatable bonds is 43. The first kappa shape index (κ1) is 48.4. The smallest absolute Gasteiger partial charge is 0.101 e. The number of hydrogen-bond donors (Lipinski definition) is 0. The molecule has 2 heteroatoms. The summed E-state index contributed by atoms with van der Waals surface area (Å²) in [6, 6.07) is 0. The lowest BCUT2D eigenvalue weighted by Crippen LogP contribution is -2.39. The van der Waals surface area contributed by atoms with Crippen molar-refractivity contribution in [1.82, 2.24) is 9.80 Å². The second-order valence-electron chi connectivity index (χ2n) is 17.1. The van der Waals surface area contributed by atoms with Gasteiger partial charge in [-0.3, -0.25) is 0 Å². The summed E-state index contributed by atoms with van der Waals surface area (Å²) in [6.07, 6.45) is 64.9. The predicted molar refractivity (Wildman–Crippen MR) is 233 cm³/mol. The Balaban J connectivity index is 2.18. The van der Waals surface area contributed by atoms with Crippen molar-refractivity contribution in [2.45, 2.75) is 290 Å². The summed E-state index contributed by atoms with van der Waals surface area (Å²) >= 11 is 0. The van der Waals surface area contributed by atoms with E-state index >= 15 is 0 Å². The quantitative estimate of drug-likeness (QED) is 0.0580. The van der Waals surface area contributed by atoms with Gasteiger partial charge in [0.05, 0.1) is 0 Å². The van der Waals surface area contributed by atoms with Gasteiger partial charge >= 0.3 is 0 Å². The second kappa shape index (κ2) is 40.5. The largest absolute Gasteiger partial charge is 0.356 e. The van der Waals surface area contributed by atoms with E-state index in [2.05, 4.69) is 43.0 Å². The first-order valence-corrected chi connectivity index (χ1v) is 24.5. The van der Waals surface area contributed by atoms with Gasteiger partial charge in [0.1, 0.15) is 6.17 Å². The van der Waals surface area contributed by atoms with Crippen LogP contribution in [0, 0.1) is 0 Å². The first-order valence-electron chi connectivity index (χ1n) is 24.5. The molecule has 0 aromatic carbocycles. The van der Waals surface area contributed by atoms with Crippen molar-refractivity contribution >= 4 is 0 Å². The van der Waals surface area contributed by atoms with E-state index in [0.29, 0.717) is 6.17 Å². The van der Waals surface area contributed by atoms with Crippen LogP contribution in [0.2, 0.25) is 0 Å². The fourth-order valence-corrected chi connectivity index (χ4v) is 8.48. The van der Waals surface area contributed by atoms with Crippen molar-refractivity contribution in [2.75, 3.05) is 13.1 Å². The van der Waals surface area contributed by atoms with Crippen LogP contribution in [0.5, 0.6) is 0 Å². The van der Waals surface area contributed by atoms with Gasteiger partial charge in [-0.2, -0.15) is 0 Å². The number of hydrogen-bond acceptors (Lipinski definition) is 2. The summed E-state index contributed by atoms with van der Waals surface area (Å²) in [4.78, 5) is 5.47. The van der Waals surface area contributed by atoms with Gasteiger partial charge in [-0.1, -0.05) is 258 Å². The lowest BCUT2D eigenvalue weighted by atomic mass is 10.0. The molecule has 1 heterocycles. The molecule has 1 aliphatic rings. The average molecular weight is 715 g/mol. The number of unbranched alkanes of at least 4 members (excludes halogenated alkanes) is 37. The molecule has 0 N–H and O–H groups in total. The van der Waals surface area contributed by atoms with Gasteiger partial charge in [0.15, 0.2) is 0 Å². The summed E-state index contributed by atoms with van der Waals surface area (Å²) in [5, 5.41) is 0. The molecule has 1 atom stereocenters. The van der Waals surface area contributed by atoms with Crippen molar-refractivity contribution in [1.29, 1.82) is 0 Å². The molecular weight excluding hydrogens is 617 g/mol. The minimum Gasteiger partial charge on any atom is -0.356 e. The van der Waals surface area contributed by atoms with Crippen LogP contribution in [0.15, 0.2) is 12.4 Å². The molecule has 51 heavy (non-hydrogen) atoms. The molecular formula is C49H98N2. The zero-order chi connectivity index (χ0) is 36.6. The summed E-state index contributed by atoms with van der Waals surface area (Å²) in [6.45, 7) is 9.49. The molecule has 0 aromatic rings. The van der Waals surface area contributed by atoms with Crippen LogP contribution in [0.1, 0.15) is 284 Å². The van der Waals surface area contributed by atoms with Crippen LogP contribution < -0.4 is 0 Å². The topological polar surface area (TPSA) is 6.48 Å². The van der Waals surface area contributed by atoms with Crippen LogP contribution in [0.4, 0.5) is 0 Å². The van der Waals surface area contributed by atoms with Gasteiger partial charge in [-0.05, 0) is 25.7 Å². The Morgan fingerprint density at radius 3 is 0.686 bits per heavy atom. The highest BCUT2D eigenvalue weighted by Crippen LogP contribution is 2.24. The van der Waals surface area contributed by atoms with Gasteiger partial charge in [0.25, 0.3) is 0 Å². The van der Waals surface area contributed by atoms with E-state index < -0.39 is 0 Å². The Labute approximate surface area is 324 Å². The van der Waals surface area contributed by atoms with Crippen molar-refractivity contribution in [3.05, 3.63) is 12.4 Å². The summed E-state index contributed by atoms with van der Waals surface area (Å²) in [5.41, 5.74) is 0. The Kier molecular flexibility index (Phi) is 38.4. The predicted octanol–water partition coefficient (Wildman–Crippen LogP) is 17.5. The third kappa shape index (κ3) is 32.5. The van der Waals surface area contributed by atoms with E-state index in [1.807, 2.05) is 0 Å². The Morgan fingerprint density at radius 2 is 0.451 bits per heavy atom. The minimum atomic E-state index is 0.636. The van der Waals surface area contributed by atoms with Crippen LogP contribution >= 0.6 is 0 Å². The molecule has 0 fully saturated rings. The lowest BCUT2D eigenvalue weighted by Gasteiger charge is -2.33. The molecule has 0 radical (unpaired) electrons. The maximum Gasteiger partial charge on any atom is 0.101 e. The van der Waals surface area contributed by atoms with E-state index in [1.165, 1.54) is 276 Å². The van der Waals surface area contributed by atoms with Crippen molar-refractivity contribution in [2.24, 2.45) is 0 Å². The van der Waals surface area contributed by atoms with Crippen LogP contribution in [-0.4, -0.2) is 29.1 Å². The molecule has 1 rings (SSSR count). The maximum atomic E-state index is 2.74. The lowest BCUT2D eigenvalue weighted by molar-refractivity contribution is 0.135. The zero-order valence-corrected chi connectivity index (χ0v) is 36.0. The molecule has 1 aliphatic heterocycles. The molecule has 0 amide bonds. The Hall–Kier alpha value is -0.660. The Morgan fingerprint density at radius 1 is 0.255 bits per heavy atom.